The van der Waals surface area contributed by atoms with Crippen LogP contribution in [-0.2, 0) is 16.1 Å². The summed E-state index contributed by atoms with van der Waals surface area (Å²) in [7, 11) is 1.70. The van der Waals surface area contributed by atoms with E-state index in [-0.39, 0.29) is 12.5 Å². The molecule has 0 bridgehead atoms. The minimum absolute atomic E-state index is 0.229. The van der Waals surface area contributed by atoms with Gasteiger partial charge in [0, 0.05) is 13.6 Å². The Hall–Kier alpha value is -2.62. The maximum Gasteiger partial charge on any atom is 0.338 e. The van der Waals surface area contributed by atoms with Crippen LogP contribution < -0.4 is 0 Å². The van der Waals surface area contributed by atoms with Crippen LogP contribution in [0.3, 0.4) is 0 Å². The fourth-order valence-electron chi connectivity index (χ4n) is 2.22. The molecule has 2 aromatic rings. The van der Waals surface area contributed by atoms with Crippen molar-refractivity contribution in [2.24, 2.45) is 0 Å². The van der Waals surface area contributed by atoms with Crippen LogP contribution in [0.2, 0.25) is 0 Å². The van der Waals surface area contributed by atoms with Gasteiger partial charge >= 0.3 is 5.97 Å². The van der Waals surface area contributed by atoms with Gasteiger partial charge in [0.05, 0.1) is 5.56 Å². The summed E-state index contributed by atoms with van der Waals surface area (Å²) >= 11 is 0. The quantitative estimate of drug-likeness (QED) is 0.797. The molecule has 120 valence electrons. The highest BCUT2D eigenvalue weighted by molar-refractivity contribution is 5.92. The number of carbonyl (C=O) groups is 2. The normalized spacial score (nSPS) is 10.2. The number of hydrogen-bond acceptors (Lipinski definition) is 3. The van der Waals surface area contributed by atoms with Crippen LogP contribution in [0.15, 0.2) is 48.5 Å². The Morgan fingerprint density at radius 3 is 2.43 bits per heavy atom. The molecule has 2 rings (SSSR count). The molecule has 4 heteroatoms. The first kappa shape index (κ1) is 16.7. The summed E-state index contributed by atoms with van der Waals surface area (Å²) in [6.07, 6.45) is 0. The van der Waals surface area contributed by atoms with Crippen molar-refractivity contribution in [1.82, 2.24) is 4.90 Å². The molecule has 4 nitrogen and oxygen atoms in total. The molecule has 0 N–H and O–H groups in total. The van der Waals surface area contributed by atoms with Crippen molar-refractivity contribution in [2.45, 2.75) is 20.4 Å². The molecule has 0 spiro atoms. The van der Waals surface area contributed by atoms with Crippen LogP contribution in [0, 0.1) is 13.8 Å². The number of amides is 1. The predicted octanol–water partition coefficient (Wildman–Crippen LogP) is 3.12. The first-order valence-electron chi connectivity index (χ1n) is 7.49. The van der Waals surface area contributed by atoms with Crippen LogP contribution in [0.5, 0.6) is 0 Å². The molecular weight excluding hydrogens is 290 g/mol. The number of carbonyl (C=O) groups excluding carboxylic acids is 2. The lowest BCUT2D eigenvalue weighted by Crippen LogP contribution is -2.30. The van der Waals surface area contributed by atoms with Crippen molar-refractivity contribution in [3.05, 3.63) is 70.8 Å². The fraction of sp³-hybridized carbons (Fsp3) is 0.263. The first-order valence-corrected chi connectivity index (χ1v) is 7.49. The summed E-state index contributed by atoms with van der Waals surface area (Å²) in [5.74, 6) is -0.694. The zero-order valence-electron chi connectivity index (χ0n) is 13.7. The topological polar surface area (TPSA) is 46.6 Å². The van der Waals surface area contributed by atoms with E-state index in [1.807, 2.05) is 56.3 Å². The molecule has 0 radical (unpaired) electrons. The Labute approximate surface area is 136 Å². The van der Waals surface area contributed by atoms with Crippen LogP contribution in [0.25, 0.3) is 0 Å². The SMILES string of the molecule is Cc1ccc(C)c(C(=O)OCC(=O)N(C)Cc2ccccc2)c1. The highest BCUT2D eigenvalue weighted by Gasteiger charge is 2.15. The van der Waals surface area contributed by atoms with E-state index in [0.717, 1.165) is 16.7 Å². The summed E-state index contributed by atoms with van der Waals surface area (Å²) in [6, 6.07) is 15.3. The zero-order chi connectivity index (χ0) is 16.8. The Morgan fingerprint density at radius 2 is 1.74 bits per heavy atom. The van der Waals surface area contributed by atoms with Gasteiger partial charge in [0.15, 0.2) is 6.61 Å². The molecule has 0 saturated carbocycles. The van der Waals surface area contributed by atoms with Gasteiger partial charge in [-0.1, -0.05) is 48.0 Å². The molecule has 0 aliphatic heterocycles. The van der Waals surface area contributed by atoms with Gasteiger partial charge in [0.25, 0.3) is 5.91 Å². The standard InChI is InChI=1S/C19H21NO3/c1-14-9-10-15(2)17(11-14)19(22)23-13-18(21)20(3)12-16-7-5-4-6-8-16/h4-11H,12-13H2,1-3H3. The predicted molar refractivity (Wildman–Crippen MR) is 89.1 cm³/mol. The smallest absolute Gasteiger partial charge is 0.338 e. The number of benzene rings is 2. The maximum atomic E-state index is 12.1. The Bertz CT molecular complexity index is 695. The van der Waals surface area contributed by atoms with Crippen molar-refractivity contribution in [3.63, 3.8) is 0 Å². The second kappa shape index (κ2) is 7.58. The molecule has 0 unspecified atom stereocenters. The average molecular weight is 311 g/mol. The Morgan fingerprint density at radius 1 is 1.04 bits per heavy atom. The molecule has 0 aliphatic rings. The number of likely N-dealkylation sites (N-methyl/N-ethyl adjacent to an activating group) is 1. The molecular formula is C19H21NO3. The van der Waals surface area contributed by atoms with Crippen molar-refractivity contribution in [2.75, 3.05) is 13.7 Å². The monoisotopic (exact) mass is 311 g/mol. The largest absolute Gasteiger partial charge is 0.452 e. The molecule has 0 fully saturated rings. The maximum absolute atomic E-state index is 12.1. The third-order valence-electron chi connectivity index (χ3n) is 3.63. The second-order valence-corrected chi connectivity index (χ2v) is 5.63. The second-order valence-electron chi connectivity index (χ2n) is 5.63. The van der Waals surface area contributed by atoms with Crippen LogP contribution in [0.1, 0.15) is 27.0 Å². The summed E-state index contributed by atoms with van der Waals surface area (Å²) < 4.78 is 5.15. The minimum atomic E-state index is -0.465. The van der Waals surface area contributed by atoms with E-state index < -0.39 is 5.97 Å². The van der Waals surface area contributed by atoms with Gasteiger partial charge in [-0.2, -0.15) is 0 Å². The molecule has 0 aliphatic carbocycles. The number of rotatable bonds is 5. The molecule has 2 aromatic carbocycles. The lowest BCUT2D eigenvalue weighted by Gasteiger charge is -2.17. The van der Waals surface area contributed by atoms with E-state index in [0.29, 0.717) is 12.1 Å². The summed E-state index contributed by atoms with van der Waals surface area (Å²) in [5, 5.41) is 0. The first-order chi connectivity index (χ1) is 11.0. The lowest BCUT2D eigenvalue weighted by molar-refractivity contribution is -0.133. The number of ether oxygens (including phenoxy) is 1. The molecule has 0 heterocycles. The van der Waals surface area contributed by atoms with E-state index in [1.54, 1.807) is 18.0 Å². The summed E-state index contributed by atoms with van der Waals surface area (Å²) in [4.78, 5) is 25.7. The highest BCUT2D eigenvalue weighted by Crippen LogP contribution is 2.12. The molecule has 0 aromatic heterocycles. The summed E-state index contributed by atoms with van der Waals surface area (Å²) in [5.41, 5.74) is 3.36. The highest BCUT2D eigenvalue weighted by atomic mass is 16.5. The van der Waals surface area contributed by atoms with Crippen molar-refractivity contribution >= 4 is 11.9 Å². The Kier molecular flexibility index (Phi) is 5.52. The summed E-state index contributed by atoms with van der Waals surface area (Å²) in [6.45, 7) is 3.99. The zero-order valence-corrected chi connectivity index (χ0v) is 13.7. The van der Waals surface area contributed by atoms with E-state index in [4.69, 9.17) is 4.74 Å². The average Bonchev–Trinajstić information content (AvgIpc) is 2.55. The molecule has 23 heavy (non-hydrogen) atoms. The van der Waals surface area contributed by atoms with E-state index in [9.17, 15) is 9.59 Å². The van der Waals surface area contributed by atoms with Crippen LogP contribution >= 0.6 is 0 Å². The third kappa shape index (κ3) is 4.68. The Balaban J connectivity index is 1.90. The van der Waals surface area contributed by atoms with Gasteiger partial charge in [0.2, 0.25) is 0 Å². The fourth-order valence-corrected chi connectivity index (χ4v) is 2.22. The van der Waals surface area contributed by atoms with Crippen molar-refractivity contribution in [3.8, 4) is 0 Å². The van der Waals surface area contributed by atoms with E-state index >= 15 is 0 Å². The number of esters is 1. The number of nitrogens with zero attached hydrogens (tertiary/aromatic N) is 1. The molecule has 1 amide bonds. The third-order valence-corrected chi connectivity index (χ3v) is 3.63. The van der Waals surface area contributed by atoms with Gasteiger partial charge in [-0.25, -0.2) is 4.79 Å². The van der Waals surface area contributed by atoms with Crippen LogP contribution in [0.4, 0.5) is 0 Å². The van der Waals surface area contributed by atoms with E-state index in [2.05, 4.69) is 0 Å². The lowest BCUT2D eigenvalue weighted by atomic mass is 10.1. The van der Waals surface area contributed by atoms with Gasteiger partial charge in [-0.05, 0) is 31.0 Å². The van der Waals surface area contributed by atoms with Gasteiger partial charge in [-0.15, -0.1) is 0 Å². The molecule has 0 atom stereocenters. The minimum Gasteiger partial charge on any atom is -0.452 e. The van der Waals surface area contributed by atoms with Crippen molar-refractivity contribution in [1.29, 1.82) is 0 Å². The number of hydrogen-bond donors (Lipinski definition) is 0. The number of aryl methyl sites for hydroxylation is 2. The van der Waals surface area contributed by atoms with E-state index in [1.165, 1.54) is 0 Å². The van der Waals surface area contributed by atoms with Gasteiger partial charge in [-0.3, -0.25) is 4.79 Å². The van der Waals surface area contributed by atoms with Gasteiger partial charge in [0.1, 0.15) is 0 Å². The van der Waals surface area contributed by atoms with Gasteiger partial charge < -0.3 is 9.64 Å². The van der Waals surface area contributed by atoms with Crippen molar-refractivity contribution < 1.29 is 14.3 Å². The molecule has 0 saturated heterocycles. The van der Waals surface area contributed by atoms with Crippen LogP contribution in [-0.4, -0.2) is 30.4 Å².